The third-order valence-electron chi connectivity index (χ3n) is 2.79. The summed E-state index contributed by atoms with van der Waals surface area (Å²) in [5, 5.41) is 0. The molecule has 1 amide bonds. The molecule has 0 aliphatic carbocycles. The molecule has 0 N–H and O–H groups in total. The van der Waals surface area contributed by atoms with Crippen molar-refractivity contribution in [3.8, 4) is 0 Å². The van der Waals surface area contributed by atoms with E-state index in [-0.39, 0.29) is 5.91 Å². The molecular weight excluding hydrogens is 162 g/mol. The summed E-state index contributed by atoms with van der Waals surface area (Å²) in [5.41, 5.74) is 4.41. The minimum atomic E-state index is 0.163. The van der Waals surface area contributed by atoms with Crippen molar-refractivity contribution in [2.75, 3.05) is 7.05 Å². The molecule has 1 aliphatic heterocycles. The van der Waals surface area contributed by atoms with Gasteiger partial charge in [-0.25, -0.2) is 0 Å². The zero-order chi connectivity index (χ0) is 9.59. The van der Waals surface area contributed by atoms with Gasteiger partial charge in [0.25, 0.3) is 5.91 Å². The lowest BCUT2D eigenvalue weighted by Crippen LogP contribution is -2.18. The third kappa shape index (κ3) is 1.05. The van der Waals surface area contributed by atoms with Crippen LogP contribution >= 0.6 is 0 Å². The van der Waals surface area contributed by atoms with Crippen molar-refractivity contribution in [2.24, 2.45) is 0 Å². The standard InChI is InChI=1S/C11H13NO/c1-7-4-5-9-6-12(3)11(13)10(9)8(7)2/h4-5H,6H2,1-3H3. The van der Waals surface area contributed by atoms with Gasteiger partial charge in [-0.15, -0.1) is 0 Å². The Morgan fingerprint density at radius 1 is 1.31 bits per heavy atom. The predicted molar refractivity (Wildman–Crippen MR) is 51.7 cm³/mol. The molecule has 13 heavy (non-hydrogen) atoms. The first-order valence-corrected chi connectivity index (χ1v) is 4.46. The molecule has 1 aliphatic rings. The summed E-state index contributed by atoms with van der Waals surface area (Å²) >= 11 is 0. The molecule has 0 unspecified atom stereocenters. The van der Waals surface area contributed by atoms with E-state index >= 15 is 0 Å². The van der Waals surface area contributed by atoms with Crippen LogP contribution in [-0.2, 0) is 6.54 Å². The molecule has 0 saturated carbocycles. The molecule has 0 bridgehead atoms. The summed E-state index contributed by atoms with van der Waals surface area (Å²) in [4.78, 5) is 13.5. The number of nitrogens with zero attached hydrogens (tertiary/aromatic N) is 1. The first-order chi connectivity index (χ1) is 6.11. The Morgan fingerprint density at radius 3 is 2.69 bits per heavy atom. The molecule has 0 atom stereocenters. The monoisotopic (exact) mass is 175 g/mol. The van der Waals surface area contributed by atoms with Gasteiger partial charge in [0.1, 0.15) is 0 Å². The van der Waals surface area contributed by atoms with Gasteiger partial charge >= 0.3 is 0 Å². The van der Waals surface area contributed by atoms with Crippen molar-refractivity contribution in [2.45, 2.75) is 20.4 Å². The van der Waals surface area contributed by atoms with Crippen LogP contribution in [0.5, 0.6) is 0 Å². The number of amides is 1. The van der Waals surface area contributed by atoms with E-state index in [0.717, 1.165) is 23.2 Å². The van der Waals surface area contributed by atoms with Gasteiger partial charge in [-0.1, -0.05) is 12.1 Å². The second kappa shape index (κ2) is 2.59. The van der Waals surface area contributed by atoms with Crippen LogP contribution in [0.15, 0.2) is 12.1 Å². The van der Waals surface area contributed by atoms with Gasteiger partial charge in [0.15, 0.2) is 0 Å². The number of carbonyl (C=O) groups is 1. The van der Waals surface area contributed by atoms with Crippen molar-refractivity contribution in [3.63, 3.8) is 0 Å². The van der Waals surface area contributed by atoms with Crippen LogP contribution in [-0.4, -0.2) is 17.9 Å². The fraction of sp³-hybridized carbons (Fsp3) is 0.364. The summed E-state index contributed by atoms with van der Waals surface area (Å²) in [6.45, 7) is 4.82. The second-order valence-corrected chi connectivity index (χ2v) is 3.70. The number of carbonyl (C=O) groups excluding carboxylic acids is 1. The van der Waals surface area contributed by atoms with Gasteiger partial charge in [-0.05, 0) is 30.5 Å². The minimum Gasteiger partial charge on any atom is -0.337 e. The first kappa shape index (κ1) is 8.30. The number of aryl methyl sites for hydroxylation is 1. The van der Waals surface area contributed by atoms with E-state index in [0.29, 0.717) is 0 Å². The van der Waals surface area contributed by atoms with Crippen LogP contribution in [0, 0.1) is 13.8 Å². The van der Waals surface area contributed by atoms with Gasteiger partial charge in [0.05, 0.1) is 0 Å². The molecule has 0 aromatic heterocycles. The van der Waals surface area contributed by atoms with Crippen LogP contribution in [0.2, 0.25) is 0 Å². The van der Waals surface area contributed by atoms with Crippen LogP contribution in [0.4, 0.5) is 0 Å². The van der Waals surface area contributed by atoms with Crippen molar-refractivity contribution in [1.82, 2.24) is 4.90 Å². The van der Waals surface area contributed by atoms with E-state index in [4.69, 9.17) is 0 Å². The highest BCUT2D eigenvalue weighted by atomic mass is 16.2. The Morgan fingerprint density at radius 2 is 2.00 bits per heavy atom. The highest BCUT2D eigenvalue weighted by Gasteiger charge is 2.26. The topological polar surface area (TPSA) is 20.3 Å². The lowest BCUT2D eigenvalue weighted by molar-refractivity contribution is 0.0816. The van der Waals surface area contributed by atoms with E-state index < -0.39 is 0 Å². The normalized spacial score (nSPS) is 15.0. The second-order valence-electron chi connectivity index (χ2n) is 3.70. The van der Waals surface area contributed by atoms with Crippen molar-refractivity contribution < 1.29 is 4.79 Å². The molecule has 2 nitrogen and oxygen atoms in total. The number of rotatable bonds is 0. The van der Waals surface area contributed by atoms with E-state index in [1.54, 1.807) is 4.90 Å². The average molecular weight is 175 g/mol. The molecule has 1 aromatic carbocycles. The SMILES string of the molecule is Cc1ccc2c(c1C)C(=O)N(C)C2. The van der Waals surface area contributed by atoms with Gasteiger partial charge in [0.2, 0.25) is 0 Å². The Labute approximate surface area is 78.2 Å². The highest BCUT2D eigenvalue weighted by Crippen LogP contribution is 2.26. The molecule has 1 heterocycles. The third-order valence-corrected chi connectivity index (χ3v) is 2.79. The fourth-order valence-corrected chi connectivity index (χ4v) is 1.82. The largest absolute Gasteiger partial charge is 0.337 e. The quantitative estimate of drug-likeness (QED) is 0.589. The van der Waals surface area contributed by atoms with E-state index in [1.165, 1.54) is 5.56 Å². The maximum Gasteiger partial charge on any atom is 0.254 e. The Balaban J connectivity index is 2.66. The molecule has 2 rings (SSSR count). The van der Waals surface area contributed by atoms with E-state index in [2.05, 4.69) is 12.1 Å². The fourth-order valence-electron chi connectivity index (χ4n) is 1.82. The Bertz CT molecular complexity index is 382. The van der Waals surface area contributed by atoms with Gasteiger partial charge in [-0.2, -0.15) is 0 Å². The summed E-state index contributed by atoms with van der Waals surface area (Å²) in [7, 11) is 1.84. The Kier molecular flexibility index (Phi) is 1.65. The molecule has 0 radical (unpaired) electrons. The van der Waals surface area contributed by atoms with Gasteiger partial charge in [0, 0.05) is 19.2 Å². The summed E-state index contributed by atoms with van der Waals surface area (Å²) in [6, 6.07) is 4.14. The molecule has 0 fully saturated rings. The minimum absolute atomic E-state index is 0.163. The molecule has 1 aromatic rings. The maximum atomic E-state index is 11.7. The van der Waals surface area contributed by atoms with Crippen molar-refractivity contribution in [1.29, 1.82) is 0 Å². The van der Waals surface area contributed by atoms with Crippen LogP contribution in [0.3, 0.4) is 0 Å². The zero-order valence-electron chi connectivity index (χ0n) is 8.22. The Hall–Kier alpha value is -1.31. The first-order valence-electron chi connectivity index (χ1n) is 4.46. The number of benzene rings is 1. The summed E-state index contributed by atoms with van der Waals surface area (Å²) in [5.74, 6) is 0.163. The predicted octanol–water partition coefficient (Wildman–Crippen LogP) is 1.89. The van der Waals surface area contributed by atoms with Crippen LogP contribution in [0.25, 0.3) is 0 Å². The summed E-state index contributed by atoms with van der Waals surface area (Å²) < 4.78 is 0. The smallest absolute Gasteiger partial charge is 0.254 e. The molecular formula is C11H13NO. The van der Waals surface area contributed by atoms with Gasteiger partial charge < -0.3 is 4.90 Å². The summed E-state index contributed by atoms with van der Waals surface area (Å²) in [6.07, 6.45) is 0. The van der Waals surface area contributed by atoms with Crippen molar-refractivity contribution in [3.05, 3.63) is 34.4 Å². The van der Waals surface area contributed by atoms with Crippen LogP contribution in [0.1, 0.15) is 27.0 Å². The van der Waals surface area contributed by atoms with E-state index in [1.807, 2.05) is 20.9 Å². The average Bonchev–Trinajstić information content (AvgIpc) is 2.37. The van der Waals surface area contributed by atoms with E-state index in [9.17, 15) is 4.79 Å². The number of hydrogen-bond acceptors (Lipinski definition) is 1. The van der Waals surface area contributed by atoms with Crippen LogP contribution < -0.4 is 0 Å². The van der Waals surface area contributed by atoms with Crippen molar-refractivity contribution >= 4 is 5.91 Å². The van der Waals surface area contributed by atoms with Gasteiger partial charge in [-0.3, -0.25) is 4.79 Å². The maximum absolute atomic E-state index is 11.7. The zero-order valence-corrected chi connectivity index (χ0v) is 8.22. The molecule has 0 saturated heterocycles. The molecule has 68 valence electrons. The highest BCUT2D eigenvalue weighted by molar-refractivity contribution is 5.99. The lowest BCUT2D eigenvalue weighted by Gasteiger charge is -2.06. The number of hydrogen-bond donors (Lipinski definition) is 0. The molecule has 2 heteroatoms. The molecule has 0 spiro atoms. The number of fused-ring (bicyclic) bond motifs is 1. The lowest BCUT2D eigenvalue weighted by atomic mass is 10.00.